The summed E-state index contributed by atoms with van der Waals surface area (Å²) in [7, 11) is 0. The second kappa shape index (κ2) is 10.2. The standard InChI is InChI=1S/C22H26ClFN2O2S/c1-15-4-10-18(11-5-15)25-22(28)21(16-6-8-17(24)9-7-16)26(20(27)13-23)14-19-3-2-12-29-19/h2-3,6-9,12,15,18,21H,4-5,10-11,13-14H2,1H3,(H,25,28)/t15?,18?,21-/m0/s1. The van der Waals surface area contributed by atoms with Gasteiger partial charge in [-0.25, -0.2) is 4.39 Å². The van der Waals surface area contributed by atoms with Crippen LogP contribution in [-0.2, 0) is 16.1 Å². The van der Waals surface area contributed by atoms with Gasteiger partial charge in [0.15, 0.2) is 0 Å². The lowest BCUT2D eigenvalue weighted by molar-refractivity contribution is -0.140. The van der Waals surface area contributed by atoms with Gasteiger partial charge < -0.3 is 10.2 Å². The molecular weight excluding hydrogens is 411 g/mol. The molecule has 0 spiro atoms. The number of halogens is 2. The fraction of sp³-hybridized carbons (Fsp3) is 0.455. The Balaban J connectivity index is 1.88. The van der Waals surface area contributed by atoms with Gasteiger partial charge in [0.25, 0.3) is 0 Å². The lowest BCUT2D eigenvalue weighted by Crippen LogP contribution is -2.47. The highest BCUT2D eigenvalue weighted by Crippen LogP contribution is 2.28. The number of nitrogens with one attached hydrogen (secondary N) is 1. The van der Waals surface area contributed by atoms with Crippen LogP contribution in [0.25, 0.3) is 0 Å². The van der Waals surface area contributed by atoms with Crippen molar-refractivity contribution in [3.63, 3.8) is 0 Å². The van der Waals surface area contributed by atoms with E-state index in [1.165, 1.54) is 28.4 Å². The highest BCUT2D eigenvalue weighted by molar-refractivity contribution is 7.09. The van der Waals surface area contributed by atoms with Crippen molar-refractivity contribution in [2.24, 2.45) is 5.92 Å². The zero-order valence-corrected chi connectivity index (χ0v) is 18.0. The summed E-state index contributed by atoms with van der Waals surface area (Å²) in [5.41, 5.74) is 0.572. The molecule has 1 aromatic carbocycles. The van der Waals surface area contributed by atoms with E-state index in [9.17, 15) is 14.0 Å². The van der Waals surface area contributed by atoms with Gasteiger partial charge in [-0.05, 0) is 60.7 Å². The van der Waals surface area contributed by atoms with E-state index in [2.05, 4.69) is 12.2 Å². The summed E-state index contributed by atoms with van der Waals surface area (Å²) >= 11 is 7.39. The van der Waals surface area contributed by atoms with Crippen LogP contribution in [0.2, 0.25) is 0 Å². The molecule has 1 saturated carbocycles. The molecule has 0 saturated heterocycles. The van der Waals surface area contributed by atoms with E-state index >= 15 is 0 Å². The molecule has 0 aliphatic heterocycles. The first-order valence-corrected chi connectivity index (χ1v) is 11.3. The SMILES string of the molecule is CC1CCC(NC(=O)[C@H](c2ccc(F)cc2)N(Cc2cccs2)C(=O)CCl)CC1. The molecule has 1 aromatic heterocycles. The average molecular weight is 437 g/mol. The first-order chi connectivity index (χ1) is 14.0. The summed E-state index contributed by atoms with van der Waals surface area (Å²) in [5.74, 6) is -0.517. The van der Waals surface area contributed by atoms with Gasteiger partial charge in [0.1, 0.15) is 17.7 Å². The van der Waals surface area contributed by atoms with E-state index in [4.69, 9.17) is 11.6 Å². The molecule has 1 heterocycles. The third-order valence-electron chi connectivity index (χ3n) is 5.45. The quantitative estimate of drug-likeness (QED) is 0.628. The maximum atomic E-state index is 13.5. The Morgan fingerprint density at radius 2 is 1.90 bits per heavy atom. The zero-order valence-electron chi connectivity index (χ0n) is 16.4. The Labute approximate surface area is 180 Å². The van der Waals surface area contributed by atoms with E-state index in [0.717, 1.165) is 30.6 Å². The molecule has 0 radical (unpaired) electrons. The molecule has 0 unspecified atom stereocenters. The Bertz CT molecular complexity index is 805. The van der Waals surface area contributed by atoms with Gasteiger partial charge in [0.2, 0.25) is 11.8 Å². The van der Waals surface area contributed by atoms with Gasteiger partial charge in [-0.15, -0.1) is 22.9 Å². The van der Waals surface area contributed by atoms with Crippen LogP contribution in [0, 0.1) is 11.7 Å². The molecule has 1 fully saturated rings. The van der Waals surface area contributed by atoms with Gasteiger partial charge in [-0.1, -0.05) is 25.1 Å². The van der Waals surface area contributed by atoms with Crippen molar-refractivity contribution in [3.8, 4) is 0 Å². The summed E-state index contributed by atoms with van der Waals surface area (Å²) in [6, 6.07) is 8.80. The summed E-state index contributed by atoms with van der Waals surface area (Å²) < 4.78 is 13.5. The average Bonchev–Trinajstić information content (AvgIpc) is 3.23. The van der Waals surface area contributed by atoms with Crippen LogP contribution < -0.4 is 5.32 Å². The lowest BCUT2D eigenvalue weighted by atomic mass is 9.87. The second-order valence-corrected chi connectivity index (χ2v) is 8.95. The number of amides is 2. The van der Waals surface area contributed by atoms with E-state index in [0.29, 0.717) is 11.5 Å². The van der Waals surface area contributed by atoms with Gasteiger partial charge >= 0.3 is 0 Å². The molecule has 4 nitrogen and oxygen atoms in total. The predicted octanol–water partition coefficient (Wildman–Crippen LogP) is 4.89. The van der Waals surface area contributed by atoms with Crippen LogP contribution in [0.1, 0.15) is 49.1 Å². The Morgan fingerprint density at radius 1 is 1.21 bits per heavy atom. The first kappa shape index (κ1) is 21.8. The number of hydrogen-bond donors (Lipinski definition) is 1. The molecule has 2 amide bonds. The number of thiophene rings is 1. The summed E-state index contributed by atoms with van der Waals surface area (Å²) in [5, 5.41) is 5.05. The van der Waals surface area contributed by atoms with Crippen LogP contribution in [0.5, 0.6) is 0 Å². The normalized spacial score (nSPS) is 20.1. The number of benzene rings is 1. The molecule has 1 atom stereocenters. The van der Waals surface area contributed by atoms with Gasteiger partial charge in [0, 0.05) is 10.9 Å². The van der Waals surface area contributed by atoms with Crippen molar-refractivity contribution in [1.29, 1.82) is 0 Å². The van der Waals surface area contributed by atoms with E-state index in [-0.39, 0.29) is 36.1 Å². The number of alkyl halides is 1. The van der Waals surface area contributed by atoms with Crippen molar-refractivity contribution in [3.05, 3.63) is 58.0 Å². The number of hydrogen-bond acceptors (Lipinski definition) is 3. The smallest absolute Gasteiger partial charge is 0.247 e. The highest BCUT2D eigenvalue weighted by atomic mass is 35.5. The molecule has 1 aliphatic rings. The first-order valence-electron chi connectivity index (χ1n) is 9.91. The van der Waals surface area contributed by atoms with Crippen LogP contribution in [-0.4, -0.2) is 28.6 Å². The number of nitrogens with zero attached hydrogens (tertiary/aromatic N) is 1. The minimum absolute atomic E-state index is 0.0938. The summed E-state index contributed by atoms with van der Waals surface area (Å²) in [6.45, 7) is 2.50. The van der Waals surface area contributed by atoms with Crippen molar-refractivity contribution in [2.75, 3.05) is 5.88 Å². The third kappa shape index (κ3) is 5.80. The largest absolute Gasteiger partial charge is 0.351 e. The highest BCUT2D eigenvalue weighted by Gasteiger charge is 2.33. The van der Waals surface area contributed by atoms with Gasteiger partial charge in [0.05, 0.1) is 6.54 Å². The van der Waals surface area contributed by atoms with E-state index in [1.54, 1.807) is 12.1 Å². The van der Waals surface area contributed by atoms with Crippen molar-refractivity contribution >= 4 is 34.8 Å². The monoisotopic (exact) mass is 436 g/mol. The Hall–Kier alpha value is -1.92. The van der Waals surface area contributed by atoms with Gasteiger partial charge in [-0.3, -0.25) is 9.59 Å². The zero-order chi connectivity index (χ0) is 20.8. The summed E-state index contributed by atoms with van der Waals surface area (Å²) in [6.07, 6.45) is 4.01. The minimum atomic E-state index is -0.858. The predicted molar refractivity (Wildman–Crippen MR) is 114 cm³/mol. The molecule has 1 N–H and O–H groups in total. The molecule has 2 aromatic rings. The molecule has 1 aliphatic carbocycles. The number of rotatable bonds is 7. The fourth-order valence-corrected chi connectivity index (χ4v) is 4.63. The van der Waals surface area contributed by atoms with Crippen LogP contribution in [0.4, 0.5) is 4.39 Å². The lowest BCUT2D eigenvalue weighted by Gasteiger charge is -2.33. The molecule has 7 heteroatoms. The molecule has 156 valence electrons. The summed E-state index contributed by atoms with van der Waals surface area (Å²) in [4.78, 5) is 28.5. The Kier molecular flexibility index (Phi) is 7.67. The minimum Gasteiger partial charge on any atom is -0.351 e. The van der Waals surface area contributed by atoms with Crippen LogP contribution >= 0.6 is 22.9 Å². The van der Waals surface area contributed by atoms with E-state index in [1.807, 2.05) is 17.5 Å². The van der Waals surface area contributed by atoms with Crippen molar-refractivity contribution < 1.29 is 14.0 Å². The van der Waals surface area contributed by atoms with Crippen molar-refractivity contribution in [2.45, 2.75) is 51.2 Å². The van der Waals surface area contributed by atoms with Crippen molar-refractivity contribution in [1.82, 2.24) is 10.2 Å². The second-order valence-electron chi connectivity index (χ2n) is 7.65. The third-order valence-corrected chi connectivity index (χ3v) is 6.54. The van der Waals surface area contributed by atoms with E-state index < -0.39 is 6.04 Å². The topological polar surface area (TPSA) is 49.4 Å². The molecule has 0 bridgehead atoms. The van der Waals surface area contributed by atoms with Gasteiger partial charge in [-0.2, -0.15) is 0 Å². The van der Waals surface area contributed by atoms with Crippen LogP contribution in [0.15, 0.2) is 41.8 Å². The molecular formula is C22H26ClFN2O2S. The number of carbonyl (C=O) groups excluding carboxylic acids is 2. The van der Waals surface area contributed by atoms with Crippen LogP contribution in [0.3, 0.4) is 0 Å². The fourth-order valence-electron chi connectivity index (χ4n) is 3.77. The molecule has 29 heavy (non-hydrogen) atoms. The maximum absolute atomic E-state index is 13.5. The maximum Gasteiger partial charge on any atom is 0.247 e. The number of carbonyl (C=O) groups is 2. The molecule has 3 rings (SSSR count). The Morgan fingerprint density at radius 3 is 2.48 bits per heavy atom.